The Labute approximate surface area is 136 Å². The van der Waals surface area contributed by atoms with Gasteiger partial charge in [-0.1, -0.05) is 37.3 Å². The second-order valence-electron chi connectivity index (χ2n) is 5.28. The van der Waals surface area contributed by atoms with E-state index in [1.54, 1.807) is 39.3 Å². The van der Waals surface area contributed by atoms with Crippen molar-refractivity contribution in [2.75, 3.05) is 19.5 Å². The molecule has 1 amide bonds. The molecule has 0 spiro atoms. The van der Waals surface area contributed by atoms with Gasteiger partial charge in [-0.2, -0.15) is 0 Å². The molecule has 0 aliphatic rings. The number of carbonyl (C=O) groups excluding carboxylic acids is 1. The minimum atomic E-state index is -0.395. The summed E-state index contributed by atoms with van der Waals surface area (Å²) in [6.07, 6.45) is 0. The number of ether oxygens (including phenoxy) is 2. The molecule has 0 fully saturated rings. The van der Waals surface area contributed by atoms with Crippen LogP contribution in [0.3, 0.4) is 0 Å². The molecule has 3 N–H and O–H groups in total. The Morgan fingerprint density at radius 1 is 1.09 bits per heavy atom. The minimum absolute atomic E-state index is 0.173. The molecule has 0 aliphatic heterocycles. The van der Waals surface area contributed by atoms with Gasteiger partial charge in [-0.15, -0.1) is 0 Å². The minimum Gasteiger partial charge on any atom is -0.497 e. The number of nitrogens with one attached hydrogen (secondary N) is 1. The summed E-state index contributed by atoms with van der Waals surface area (Å²) >= 11 is 0. The summed E-state index contributed by atoms with van der Waals surface area (Å²) in [5.41, 5.74) is 7.69. The van der Waals surface area contributed by atoms with Gasteiger partial charge in [-0.3, -0.25) is 4.79 Å². The summed E-state index contributed by atoms with van der Waals surface area (Å²) in [5.74, 6) is 0.641. The second kappa shape index (κ2) is 7.65. The zero-order valence-corrected chi connectivity index (χ0v) is 13.6. The Hall–Kier alpha value is -2.53. The van der Waals surface area contributed by atoms with Crippen LogP contribution in [0.5, 0.6) is 11.5 Å². The fourth-order valence-corrected chi connectivity index (χ4v) is 2.29. The molecule has 23 heavy (non-hydrogen) atoms. The van der Waals surface area contributed by atoms with Crippen molar-refractivity contribution in [1.29, 1.82) is 0 Å². The highest BCUT2D eigenvalue weighted by Crippen LogP contribution is 2.30. The van der Waals surface area contributed by atoms with Crippen LogP contribution in [0.1, 0.15) is 18.5 Å². The van der Waals surface area contributed by atoms with Crippen molar-refractivity contribution in [1.82, 2.24) is 0 Å². The quantitative estimate of drug-likeness (QED) is 0.859. The van der Waals surface area contributed by atoms with E-state index in [2.05, 4.69) is 5.32 Å². The van der Waals surface area contributed by atoms with Gasteiger partial charge < -0.3 is 20.5 Å². The van der Waals surface area contributed by atoms with Gasteiger partial charge in [0.05, 0.1) is 25.8 Å². The van der Waals surface area contributed by atoms with Crippen molar-refractivity contribution in [3.8, 4) is 11.5 Å². The Kier molecular flexibility index (Phi) is 5.60. The van der Waals surface area contributed by atoms with E-state index in [0.29, 0.717) is 17.2 Å². The highest BCUT2D eigenvalue weighted by atomic mass is 16.5. The third-order valence-corrected chi connectivity index (χ3v) is 3.80. The molecular formula is C18H22N2O3. The van der Waals surface area contributed by atoms with Crippen LogP contribution in [-0.4, -0.2) is 20.1 Å². The number of benzene rings is 2. The van der Waals surface area contributed by atoms with Gasteiger partial charge >= 0.3 is 0 Å². The second-order valence-corrected chi connectivity index (χ2v) is 5.28. The molecule has 2 unspecified atom stereocenters. The van der Waals surface area contributed by atoms with Crippen LogP contribution in [0.2, 0.25) is 0 Å². The molecule has 2 atom stereocenters. The van der Waals surface area contributed by atoms with E-state index in [9.17, 15) is 4.79 Å². The van der Waals surface area contributed by atoms with Gasteiger partial charge in [0.2, 0.25) is 5.91 Å². The number of rotatable bonds is 6. The normalized spacial score (nSPS) is 13.0. The zero-order chi connectivity index (χ0) is 16.8. The smallest absolute Gasteiger partial charge is 0.229 e. The van der Waals surface area contributed by atoms with E-state index in [4.69, 9.17) is 15.2 Å². The van der Waals surface area contributed by atoms with E-state index in [1.165, 1.54) is 0 Å². The first-order chi connectivity index (χ1) is 11.1. The van der Waals surface area contributed by atoms with Crippen LogP contribution in [0.15, 0.2) is 48.5 Å². The van der Waals surface area contributed by atoms with Gasteiger partial charge in [0.25, 0.3) is 0 Å². The van der Waals surface area contributed by atoms with E-state index in [-0.39, 0.29) is 11.9 Å². The van der Waals surface area contributed by atoms with Gasteiger partial charge in [0.15, 0.2) is 0 Å². The van der Waals surface area contributed by atoms with Crippen LogP contribution < -0.4 is 20.5 Å². The molecule has 0 bridgehead atoms. The molecule has 0 radical (unpaired) electrons. The van der Waals surface area contributed by atoms with Crippen molar-refractivity contribution >= 4 is 11.6 Å². The molecule has 122 valence electrons. The lowest BCUT2D eigenvalue weighted by Crippen LogP contribution is -2.30. The van der Waals surface area contributed by atoms with Crippen molar-refractivity contribution in [2.45, 2.75) is 13.0 Å². The lowest BCUT2D eigenvalue weighted by atomic mass is 9.94. The summed E-state index contributed by atoms with van der Waals surface area (Å²) in [7, 11) is 3.12. The number of amides is 1. The topological polar surface area (TPSA) is 73.6 Å². The Bertz CT molecular complexity index is 659. The SMILES string of the molecule is COc1ccc(OC)c(NC(=O)C(C)C(N)c2ccccc2)c1. The van der Waals surface area contributed by atoms with Gasteiger partial charge in [-0.05, 0) is 17.7 Å². The Morgan fingerprint density at radius 2 is 1.78 bits per heavy atom. The highest BCUT2D eigenvalue weighted by Gasteiger charge is 2.23. The van der Waals surface area contributed by atoms with Gasteiger partial charge in [-0.25, -0.2) is 0 Å². The lowest BCUT2D eigenvalue weighted by molar-refractivity contribution is -0.120. The van der Waals surface area contributed by atoms with Crippen LogP contribution in [0, 0.1) is 5.92 Å². The Balaban J connectivity index is 2.15. The summed E-state index contributed by atoms with van der Waals surface area (Å²) < 4.78 is 10.5. The Morgan fingerprint density at radius 3 is 2.39 bits per heavy atom. The molecular weight excluding hydrogens is 292 g/mol. The summed E-state index contributed by atoms with van der Waals surface area (Å²) in [5, 5.41) is 2.86. The number of anilines is 1. The largest absolute Gasteiger partial charge is 0.497 e. The summed E-state index contributed by atoms with van der Waals surface area (Å²) in [6.45, 7) is 1.81. The third kappa shape index (κ3) is 4.02. The van der Waals surface area contributed by atoms with Crippen LogP contribution in [-0.2, 0) is 4.79 Å². The average molecular weight is 314 g/mol. The summed E-state index contributed by atoms with van der Waals surface area (Å²) in [6, 6.07) is 14.4. The number of nitrogens with two attached hydrogens (primary N) is 1. The molecule has 0 saturated heterocycles. The van der Waals surface area contributed by atoms with Crippen molar-refractivity contribution in [3.05, 3.63) is 54.1 Å². The first-order valence-electron chi connectivity index (χ1n) is 7.40. The number of hydrogen-bond donors (Lipinski definition) is 2. The predicted octanol–water partition coefficient (Wildman–Crippen LogP) is 2.98. The monoisotopic (exact) mass is 314 g/mol. The number of carbonyl (C=O) groups is 1. The van der Waals surface area contributed by atoms with Gasteiger partial charge in [0.1, 0.15) is 11.5 Å². The maximum atomic E-state index is 12.5. The molecule has 5 heteroatoms. The standard InChI is InChI=1S/C18H22N2O3/c1-12(17(19)13-7-5-4-6-8-13)18(21)20-15-11-14(22-2)9-10-16(15)23-3/h4-12,17H,19H2,1-3H3,(H,20,21). The van der Waals surface area contributed by atoms with Gasteiger partial charge in [0, 0.05) is 12.1 Å². The highest BCUT2D eigenvalue weighted by molar-refractivity contribution is 5.94. The molecule has 0 heterocycles. The molecule has 2 aromatic rings. The molecule has 0 aromatic heterocycles. The van der Waals surface area contributed by atoms with E-state index >= 15 is 0 Å². The molecule has 2 rings (SSSR count). The number of hydrogen-bond acceptors (Lipinski definition) is 4. The zero-order valence-electron chi connectivity index (χ0n) is 13.6. The van der Waals surface area contributed by atoms with E-state index in [0.717, 1.165) is 5.56 Å². The third-order valence-electron chi connectivity index (χ3n) is 3.80. The maximum Gasteiger partial charge on any atom is 0.229 e. The number of methoxy groups -OCH3 is 2. The average Bonchev–Trinajstić information content (AvgIpc) is 2.61. The first-order valence-corrected chi connectivity index (χ1v) is 7.40. The molecule has 5 nitrogen and oxygen atoms in total. The fourth-order valence-electron chi connectivity index (χ4n) is 2.29. The molecule has 0 aliphatic carbocycles. The van der Waals surface area contributed by atoms with Crippen LogP contribution in [0.25, 0.3) is 0 Å². The predicted molar refractivity (Wildman–Crippen MR) is 90.7 cm³/mol. The maximum absolute atomic E-state index is 12.5. The van der Waals surface area contributed by atoms with E-state index in [1.807, 2.05) is 30.3 Å². The van der Waals surface area contributed by atoms with Crippen LogP contribution in [0.4, 0.5) is 5.69 Å². The summed E-state index contributed by atoms with van der Waals surface area (Å²) in [4.78, 5) is 12.5. The van der Waals surface area contributed by atoms with Crippen molar-refractivity contribution < 1.29 is 14.3 Å². The van der Waals surface area contributed by atoms with Crippen molar-refractivity contribution in [3.63, 3.8) is 0 Å². The fraction of sp³-hybridized carbons (Fsp3) is 0.278. The van der Waals surface area contributed by atoms with Crippen molar-refractivity contribution in [2.24, 2.45) is 11.7 Å². The molecule has 0 saturated carbocycles. The van der Waals surface area contributed by atoms with Crippen LogP contribution >= 0.6 is 0 Å². The first kappa shape index (κ1) is 16.8. The molecule has 2 aromatic carbocycles. The lowest BCUT2D eigenvalue weighted by Gasteiger charge is -2.20. The van der Waals surface area contributed by atoms with E-state index < -0.39 is 5.92 Å².